The maximum absolute atomic E-state index is 12.7. The molecule has 10 heteroatoms. The number of hydrogen-bond acceptors (Lipinski definition) is 7. The lowest BCUT2D eigenvalue weighted by molar-refractivity contribution is -0.137. The van der Waals surface area contributed by atoms with Crippen LogP contribution in [0.4, 0.5) is 0 Å². The van der Waals surface area contributed by atoms with Gasteiger partial charge in [0.15, 0.2) is 0 Å². The molecule has 1 aliphatic rings. The standard InChI is InChI=1S/C29H44N4O5S/c1-26(2,3)18-11-17(12-19(22(18)35)27(4,5)6)39-20-13-21(34)33(25(20)38)31-24(37)23(36)30-16-14-28(7,8)32-29(9,10)15-16/h11-13,16,32,34-35,38H,14-15H2,1-10H3,(H,30,36)(H,31,37). The van der Waals surface area contributed by atoms with Crippen molar-refractivity contribution in [1.29, 1.82) is 0 Å². The molecule has 6 N–H and O–H groups in total. The average molecular weight is 561 g/mol. The van der Waals surface area contributed by atoms with Crippen molar-refractivity contribution in [2.75, 3.05) is 5.43 Å². The van der Waals surface area contributed by atoms with Crippen molar-refractivity contribution in [2.24, 2.45) is 0 Å². The third-order valence-corrected chi connectivity index (χ3v) is 7.79. The summed E-state index contributed by atoms with van der Waals surface area (Å²) in [6.45, 7) is 20.2. The highest BCUT2D eigenvalue weighted by atomic mass is 32.2. The quantitative estimate of drug-likeness (QED) is 0.294. The van der Waals surface area contributed by atoms with Crippen LogP contribution in [0.2, 0.25) is 0 Å². The zero-order chi connectivity index (χ0) is 29.7. The summed E-state index contributed by atoms with van der Waals surface area (Å²) in [5, 5.41) is 38.6. The predicted octanol–water partition coefficient (Wildman–Crippen LogP) is 4.85. The zero-order valence-corrected chi connectivity index (χ0v) is 25.6. The number of phenolic OH excluding ortho intramolecular Hbond substituents is 1. The van der Waals surface area contributed by atoms with E-state index in [0.29, 0.717) is 12.8 Å². The van der Waals surface area contributed by atoms with E-state index >= 15 is 0 Å². The third-order valence-electron chi connectivity index (χ3n) is 6.79. The molecule has 3 rings (SSSR count). The summed E-state index contributed by atoms with van der Waals surface area (Å²) in [7, 11) is 0. The molecule has 0 bridgehead atoms. The molecule has 0 saturated carbocycles. The Balaban J connectivity index is 1.82. The number of phenols is 1. The van der Waals surface area contributed by atoms with Gasteiger partial charge < -0.3 is 26.0 Å². The van der Waals surface area contributed by atoms with Crippen molar-refractivity contribution >= 4 is 23.6 Å². The van der Waals surface area contributed by atoms with Gasteiger partial charge in [0.05, 0.1) is 4.90 Å². The molecule has 1 fully saturated rings. The van der Waals surface area contributed by atoms with Gasteiger partial charge in [-0.2, -0.15) is 4.68 Å². The Labute approximate surface area is 235 Å². The van der Waals surface area contributed by atoms with Crippen molar-refractivity contribution in [1.82, 2.24) is 15.3 Å². The zero-order valence-electron chi connectivity index (χ0n) is 24.7. The smallest absolute Gasteiger partial charge is 0.328 e. The van der Waals surface area contributed by atoms with E-state index in [1.165, 1.54) is 17.8 Å². The number of piperidine rings is 1. The molecule has 0 atom stereocenters. The van der Waals surface area contributed by atoms with Gasteiger partial charge in [0.1, 0.15) is 5.75 Å². The normalized spacial score (nSPS) is 17.6. The maximum atomic E-state index is 12.7. The molecule has 0 radical (unpaired) electrons. The number of aromatic hydroxyl groups is 3. The fourth-order valence-electron chi connectivity index (χ4n) is 5.42. The van der Waals surface area contributed by atoms with Gasteiger partial charge in [-0.1, -0.05) is 53.3 Å². The minimum atomic E-state index is -1.00. The molecule has 0 spiro atoms. The summed E-state index contributed by atoms with van der Waals surface area (Å²) in [5.41, 5.74) is 2.71. The Morgan fingerprint density at radius 2 is 1.38 bits per heavy atom. The number of nitrogens with one attached hydrogen (secondary N) is 3. The largest absolute Gasteiger partial charge is 0.507 e. The number of benzene rings is 1. The van der Waals surface area contributed by atoms with E-state index in [9.17, 15) is 24.9 Å². The first-order valence-corrected chi connectivity index (χ1v) is 14.0. The van der Waals surface area contributed by atoms with E-state index in [1.54, 1.807) is 0 Å². The van der Waals surface area contributed by atoms with Crippen LogP contribution in [-0.2, 0) is 20.4 Å². The Bertz CT molecular complexity index is 1220. The van der Waals surface area contributed by atoms with Crippen LogP contribution >= 0.6 is 11.8 Å². The maximum Gasteiger partial charge on any atom is 0.328 e. The summed E-state index contributed by atoms with van der Waals surface area (Å²) in [6, 6.07) is 4.82. The SMILES string of the molecule is CC1(C)CC(NC(=O)C(=O)Nn2c(O)cc(Sc3cc(C(C)(C)C)c(O)c(C(C)(C)C)c3)c2O)CC(C)(C)N1. The molecule has 39 heavy (non-hydrogen) atoms. The number of hydrogen-bond donors (Lipinski definition) is 6. The fraction of sp³-hybridized carbons (Fsp3) is 0.586. The van der Waals surface area contributed by atoms with Gasteiger partial charge in [0.2, 0.25) is 11.8 Å². The van der Waals surface area contributed by atoms with Crippen LogP contribution in [0, 0.1) is 0 Å². The number of aromatic nitrogens is 1. The van der Waals surface area contributed by atoms with Crippen LogP contribution in [0.5, 0.6) is 17.5 Å². The molecule has 1 aliphatic heterocycles. The van der Waals surface area contributed by atoms with Crippen molar-refractivity contribution in [3.05, 3.63) is 29.3 Å². The number of amides is 2. The molecule has 216 valence electrons. The summed E-state index contributed by atoms with van der Waals surface area (Å²) in [4.78, 5) is 26.4. The van der Waals surface area contributed by atoms with Gasteiger partial charge in [-0.3, -0.25) is 9.59 Å². The van der Waals surface area contributed by atoms with Crippen LogP contribution in [0.1, 0.15) is 93.2 Å². The summed E-state index contributed by atoms with van der Waals surface area (Å²) in [5.74, 6) is -2.45. The van der Waals surface area contributed by atoms with Gasteiger partial charge in [-0.05, 0) is 63.5 Å². The lowest BCUT2D eigenvalue weighted by atomic mass is 9.79. The topological polar surface area (TPSA) is 136 Å². The Morgan fingerprint density at radius 3 is 1.85 bits per heavy atom. The van der Waals surface area contributed by atoms with Crippen LogP contribution in [-0.4, -0.2) is 48.9 Å². The molecule has 0 unspecified atom stereocenters. The second-order valence-electron chi connectivity index (χ2n) is 13.9. The molecule has 1 aromatic carbocycles. The molecule has 0 aliphatic carbocycles. The van der Waals surface area contributed by atoms with Gasteiger partial charge in [-0.25, -0.2) is 5.43 Å². The van der Waals surface area contributed by atoms with Gasteiger partial charge in [0.25, 0.3) is 0 Å². The first-order chi connectivity index (χ1) is 17.6. The molecule has 2 amide bonds. The Kier molecular flexibility index (Phi) is 8.09. The third kappa shape index (κ3) is 7.22. The average Bonchev–Trinajstić information content (AvgIpc) is 2.98. The summed E-state index contributed by atoms with van der Waals surface area (Å²) < 4.78 is 0.788. The fourth-order valence-corrected chi connectivity index (χ4v) is 6.37. The van der Waals surface area contributed by atoms with Gasteiger partial charge >= 0.3 is 11.8 Å². The first kappa shape index (κ1) is 30.7. The van der Waals surface area contributed by atoms with E-state index in [-0.39, 0.29) is 38.6 Å². The van der Waals surface area contributed by atoms with Crippen LogP contribution in [0.15, 0.2) is 28.0 Å². The number of nitrogens with zero attached hydrogens (tertiary/aromatic N) is 1. The number of carbonyl (C=O) groups is 2. The molecular formula is C29H44N4O5S. The minimum absolute atomic E-state index is 0.212. The van der Waals surface area contributed by atoms with E-state index in [1.807, 2.05) is 81.4 Å². The van der Waals surface area contributed by atoms with Crippen LogP contribution < -0.4 is 16.1 Å². The lowest BCUT2D eigenvalue weighted by Gasteiger charge is -2.46. The van der Waals surface area contributed by atoms with Crippen molar-refractivity contribution in [2.45, 2.75) is 120 Å². The van der Waals surface area contributed by atoms with Crippen LogP contribution in [0.3, 0.4) is 0 Å². The van der Waals surface area contributed by atoms with E-state index < -0.39 is 23.6 Å². The van der Waals surface area contributed by atoms with Gasteiger partial charge in [0, 0.05) is 39.2 Å². The highest BCUT2D eigenvalue weighted by Crippen LogP contribution is 2.45. The first-order valence-electron chi connectivity index (χ1n) is 13.2. The molecule has 1 saturated heterocycles. The highest BCUT2D eigenvalue weighted by molar-refractivity contribution is 7.99. The van der Waals surface area contributed by atoms with E-state index in [2.05, 4.69) is 16.1 Å². The molecule has 2 aromatic rings. The van der Waals surface area contributed by atoms with Crippen molar-refractivity contribution < 1.29 is 24.9 Å². The summed E-state index contributed by atoms with van der Waals surface area (Å²) >= 11 is 1.18. The monoisotopic (exact) mass is 560 g/mol. The summed E-state index contributed by atoms with van der Waals surface area (Å²) in [6.07, 6.45) is 1.30. The molecule has 1 aromatic heterocycles. The molecule has 9 nitrogen and oxygen atoms in total. The van der Waals surface area contributed by atoms with Crippen molar-refractivity contribution in [3.8, 4) is 17.5 Å². The van der Waals surface area contributed by atoms with Crippen LogP contribution in [0.25, 0.3) is 0 Å². The molecule has 2 heterocycles. The van der Waals surface area contributed by atoms with Gasteiger partial charge in [-0.15, -0.1) is 0 Å². The lowest BCUT2D eigenvalue weighted by Crippen LogP contribution is -2.62. The minimum Gasteiger partial charge on any atom is -0.507 e. The van der Waals surface area contributed by atoms with Crippen molar-refractivity contribution in [3.63, 3.8) is 0 Å². The number of carbonyl (C=O) groups excluding carboxylic acids is 2. The second-order valence-corrected chi connectivity index (χ2v) is 15.0. The Morgan fingerprint density at radius 1 is 0.897 bits per heavy atom. The number of rotatable bonds is 4. The second kappa shape index (κ2) is 10.3. The van der Waals surface area contributed by atoms with E-state index in [0.717, 1.165) is 20.7 Å². The molecular weight excluding hydrogens is 516 g/mol. The Hall–Kier alpha value is -2.85. The van der Waals surface area contributed by atoms with E-state index in [4.69, 9.17) is 0 Å². The predicted molar refractivity (Wildman–Crippen MR) is 154 cm³/mol. The highest BCUT2D eigenvalue weighted by Gasteiger charge is 2.39.